The van der Waals surface area contributed by atoms with E-state index in [4.69, 9.17) is 4.74 Å². The average Bonchev–Trinajstić information content (AvgIpc) is 2.13. The standard InChI is InChI=1S/C11H23NO/c1-3-13-8-7-12-11-6-4-5-10(2)9-11/h10-12H,3-9H2,1-2H3. The minimum atomic E-state index is 0.754. The van der Waals surface area contributed by atoms with Crippen molar-refractivity contribution in [2.75, 3.05) is 19.8 Å². The molecule has 1 aliphatic carbocycles. The van der Waals surface area contributed by atoms with E-state index < -0.39 is 0 Å². The first-order valence-electron chi connectivity index (χ1n) is 5.64. The van der Waals surface area contributed by atoms with Crippen molar-refractivity contribution in [2.24, 2.45) is 5.92 Å². The molecule has 0 radical (unpaired) electrons. The van der Waals surface area contributed by atoms with Crippen LogP contribution < -0.4 is 5.32 Å². The molecule has 78 valence electrons. The molecule has 2 nitrogen and oxygen atoms in total. The number of hydrogen-bond acceptors (Lipinski definition) is 2. The summed E-state index contributed by atoms with van der Waals surface area (Å²) in [4.78, 5) is 0. The van der Waals surface area contributed by atoms with Crippen LogP contribution >= 0.6 is 0 Å². The molecule has 0 bridgehead atoms. The monoisotopic (exact) mass is 185 g/mol. The quantitative estimate of drug-likeness (QED) is 0.663. The van der Waals surface area contributed by atoms with Crippen LogP contribution in [0.25, 0.3) is 0 Å². The molecule has 0 saturated heterocycles. The molecule has 0 heterocycles. The molecule has 1 saturated carbocycles. The van der Waals surface area contributed by atoms with E-state index in [1.165, 1.54) is 25.7 Å². The summed E-state index contributed by atoms with van der Waals surface area (Å²) in [6, 6.07) is 0.754. The van der Waals surface area contributed by atoms with Crippen molar-refractivity contribution in [1.29, 1.82) is 0 Å². The fraction of sp³-hybridized carbons (Fsp3) is 1.00. The van der Waals surface area contributed by atoms with Crippen molar-refractivity contribution in [3.63, 3.8) is 0 Å². The number of nitrogens with one attached hydrogen (secondary N) is 1. The van der Waals surface area contributed by atoms with Gasteiger partial charge in [-0.3, -0.25) is 0 Å². The van der Waals surface area contributed by atoms with E-state index in [0.29, 0.717) is 0 Å². The Bertz CT molecular complexity index is 127. The second-order valence-corrected chi connectivity index (χ2v) is 4.12. The van der Waals surface area contributed by atoms with Crippen molar-refractivity contribution in [3.8, 4) is 0 Å². The Labute approximate surface area is 82.0 Å². The summed E-state index contributed by atoms with van der Waals surface area (Å²) in [6.45, 7) is 7.12. The summed E-state index contributed by atoms with van der Waals surface area (Å²) >= 11 is 0. The molecule has 2 atom stereocenters. The summed E-state index contributed by atoms with van der Waals surface area (Å²) in [6.07, 6.45) is 5.53. The third-order valence-corrected chi connectivity index (χ3v) is 2.82. The van der Waals surface area contributed by atoms with Crippen LogP contribution in [0.5, 0.6) is 0 Å². The molecule has 2 unspecified atom stereocenters. The fourth-order valence-corrected chi connectivity index (χ4v) is 2.10. The van der Waals surface area contributed by atoms with Crippen molar-refractivity contribution in [3.05, 3.63) is 0 Å². The maximum absolute atomic E-state index is 5.29. The lowest BCUT2D eigenvalue weighted by molar-refractivity contribution is 0.143. The Kier molecular flexibility index (Phi) is 5.40. The van der Waals surface area contributed by atoms with Gasteiger partial charge in [0.2, 0.25) is 0 Å². The van der Waals surface area contributed by atoms with E-state index in [1.54, 1.807) is 0 Å². The van der Waals surface area contributed by atoms with Gasteiger partial charge in [-0.2, -0.15) is 0 Å². The van der Waals surface area contributed by atoms with Crippen LogP contribution in [-0.2, 0) is 4.74 Å². The van der Waals surface area contributed by atoms with Crippen LogP contribution in [0.2, 0.25) is 0 Å². The number of ether oxygens (including phenoxy) is 1. The van der Waals surface area contributed by atoms with Gasteiger partial charge < -0.3 is 10.1 Å². The first-order chi connectivity index (χ1) is 6.33. The summed E-state index contributed by atoms with van der Waals surface area (Å²) in [5.74, 6) is 0.915. The van der Waals surface area contributed by atoms with Crippen molar-refractivity contribution >= 4 is 0 Å². The normalized spacial score (nSPS) is 29.1. The van der Waals surface area contributed by atoms with Crippen molar-refractivity contribution in [2.45, 2.75) is 45.6 Å². The van der Waals surface area contributed by atoms with Gasteiger partial charge in [0.15, 0.2) is 0 Å². The van der Waals surface area contributed by atoms with Gasteiger partial charge in [0.25, 0.3) is 0 Å². The van der Waals surface area contributed by atoms with Crippen molar-refractivity contribution < 1.29 is 4.74 Å². The molecule has 0 aromatic rings. The van der Waals surface area contributed by atoms with Crippen molar-refractivity contribution in [1.82, 2.24) is 5.32 Å². The zero-order valence-electron chi connectivity index (χ0n) is 9.01. The van der Waals surface area contributed by atoms with Gasteiger partial charge in [0.05, 0.1) is 6.61 Å². The first kappa shape index (κ1) is 11.0. The highest BCUT2D eigenvalue weighted by molar-refractivity contribution is 4.75. The maximum Gasteiger partial charge on any atom is 0.0590 e. The highest BCUT2D eigenvalue weighted by atomic mass is 16.5. The third kappa shape index (κ3) is 4.63. The van der Waals surface area contributed by atoms with Gasteiger partial charge >= 0.3 is 0 Å². The molecule has 1 fully saturated rings. The lowest BCUT2D eigenvalue weighted by Crippen LogP contribution is -2.35. The van der Waals surface area contributed by atoms with E-state index >= 15 is 0 Å². The molecule has 1 aliphatic rings. The molecule has 0 amide bonds. The molecule has 0 aliphatic heterocycles. The van der Waals surface area contributed by atoms with E-state index in [1.807, 2.05) is 6.92 Å². The zero-order valence-corrected chi connectivity index (χ0v) is 9.01. The van der Waals surface area contributed by atoms with E-state index in [9.17, 15) is 0 Å². The minimum absolute atomic E-state index is 0.754. The molecule has 1 N–H and O–H groups in total. The molecule has 1 rings (SSSR count). The lowest BCUT2D eigenvalue weighted by Gasteiger charge is -2.27. The second-order valence-electron chi connectivity index (χ2n) is 4.12. The highest BCUT2D eigenvalue weighted by Gasteiger charge is 2.17. The minimum Gasteiger partial charge on any atom is -0.380 e. The average molecular weight is 185 g/mol. The predicted molar refractivity (Wildman–Crippen MR) is 55.9 cm³/mol. The first-order valence-corrected chi connectivity index (χ1v) is 5.64. The van der Waals surface area contributed by atoms with Crippen LogP contribution in [0.3, 0.4) is 0 Å². The Morgan fingerprint density at radius 3 is 2.92 bits per heavy atom. The largest absolute Gasteiger partial charge is 0.380 e. The van der Waals surface area contributed by atoms with Crippen LogP contribution in [-0.4, -0.2) is 25.8 Å². The van der Waals surface area contributed by atoms with Gasteiger partial charge in [0, 0.05) is 19.2 Å². The van der Waals surface area contributed by atoms with Gasteiger partial charge in [-0.15, -0.1) is 0 Å². The van der Waals surface area contributed by atoms with Gasteiger partial charge in [-0.25, -0.2) is 0 Å². The molecule has 0 aromatic heterocycles. The third-order valence-electron chi connectivity index (χ3n) is 2.82. The van der Waals surface area contributed by atoms with Crippen LogP contribution in [0.1, 0.15) is 39.5 Å². The Morgan fingerprint density at radius 2 is 2.23 bits per heavy atom. The highest BCUT2D eigenvalue weighted by Crippen LogP contribution is 2.23. The van der Waals surface area contributed by atoms with Crippen LogP contribution in [0.4, 0.5) is 0 Å². The molecular formula is C11H23NO. The Hall–Kier alpha value is -0.0800. The number of rotatable bonds is 5. The van der Waals surface area contributed by atoms with Gasteiger partial charge in [-0.05, 0) is 25.7 Å². The maximum atomic E-state index is 5.29. The molecule has 0 aromatic carbocycles. The van der Waals surface area contributed by atoms with Gasteiger partial charge in [0.1, 0.15) is 0 Å². The summed E-state index contributed by atoms with van der Waals surface area (Å²) in [7, 11) is 0. The smallest absolute Gasteiger partial charge is 0.0590 e. The fourth-order valence-electron chi connectivity index (χ4n) is 2.10. The molecule has 0 spiro atoms. The Morgan fingerprint density at radius 1 is 1.38 bits per heavy atom. The zero-order chi connectivity index (χ0) is 9.52. The second kappa shape index (κ2) is 6.39. The summed E-state index contributed by atoms with van der Waals surface area (Å²) in [5, 5.41) is 3.56. The summed E-state index contributed by atoms with van der Waals surface area (Å²) < 4.78 is 5.29. The lowest BCUT2D eigenvalue weighted by atomic mass is 9.87. The van der Waals surface area contributed by atoms with Crippen LogP contribution in [0.15, 0.2) is 0 Å². The SMILES string of the molecule is CCOCCNC1CCCC(C)C1. The number of hydrogen-bond donors (Lipinski definition) is 1. The predicted octanol–water partition coefficient (Wildman–Crippen LogP) is 2.19. The molecule has 13 heavy (non-hydrogen) atoms. The Balaban J connectivity index is 2.00. The van der Waals surface area contributed by atoms with E-state index in [-0.39, 0.29) is 0 Å². The molecule has 2 heteroatoms. The van der Waals surface area contributed by atoms with Crippen LogP contribution in [0, 0.1) is 5.92 Å². The molecular weight excluding hydrogens is 162 g/mol. The topological polar surface area (TPSA) is 21.3 Å². The van der Waals surface area contributed by atoms with E-state index in [0.717, 1.165) is 31.7 Å². The summed E-state index contributed by atoms with van der Waals surface area (Å²) in [5.41, 5.74) is 0. The van der Waals surface area contributed by atoms with E-state index in [2.05, 4.69) is 12.2 Å². The van der Waals surface area contributed by atoms with Gasteiger partial charge in [-0.1, -0.05) is 19.8 Å².